The predicted molar refractivity (Wildman–Crippen MR) is 50.3 cm³/mol. The number of nitrogens with one attached hydrogen (secondary N) is 1. The van der Waals surface area contributed by atoms with Gasteiger partial charge in [0.15, 0.2) is 0 Å². The van der Waals surface area contributed by atoms with E-state index in [0.29, 0.717) is 0 Å². The highest BCUT2D eigenvalue weighted by Crippen LogP contribution is 2.22. The van der Waals surface area contributed by atoms with Crippen LogP contribution >= 0.6 is 0 Å². The van der Waals surface area contributed by atoms with Crippen molar-refractivity contribution >= 4 is 6.34 Å². The Bertz CT molecular complexity index is 282. The maximum Gasteiger partial charge on any atom is 0.0832 e. The summed E-state index contributed by atoms with van der Waals surface area (Å²) in [7, 11) is 0. The zero-order valence-electron chi connectivity index (χ0n) is 7.12. The highest BCUT2D eigenvalue weighted by molar-refractivity contribution is 5.60. The minimum absolute atomic E-state index is 0.0151. The summed E-state index contributed by atoms with van der Waals surface area (Å²) in [6, 6.07) is 10.4. The molecule has 12 heavy (non-hydrogen) atoms. The van der Waals surface area contributed by atoms with Crippen LogP contribution in [0.3, 0.4) is 0 Å². The summed E-state index contributed by atoms with van der Waals surface area (Å²) in [6.45, 7) is 2.99. The number of rotatable bonds is 1. The van der Waals surface area contributed by atoms with Gasteiger partial charge in [0.25, 0.3) is 0 Å². The fraction of sp³-hybridized carbons (Fsp3) is 0.300. The van der Waals surface area contributed by atoms with Gasteiger partial charge in [-0.05, 0) is 12.5 Å². The van der Waals surface area contributed by atoms with E-state index in [9.17, 15) is 0 Å². The van der Waals surface area contributed by atoms with E-state index in [2.05, 4.69) is 41.5 Å². The number of hydrogen-bond acceptors (Lipinski definition) is 2. The molecule has 0 aliphatic carbocycles. The first-order valence-electron chi connectivity index (χ1n) is 4.13. The molecule has 0 amide bonds. The van der Waals surface area contributed by atoms with Crippen LogP contribution in [0.15, 0.2) is 35.3 Å². The predicted octanol–water partition coefficient (Wildman–Crippen LogP) is 1.53. The van der Waals surface area contributed by atoms with Gasteiger partial charge in [0.05, 0.1) is 18.4 Å². The third kappa shape index (κ3) is 1.09. The smallest absolute Gasteiger partial charge is 0.0832 e. The second-order valence-electron chi connectivity index (χ2n) is 3.31. The van der Waals surface area contributed by atoms with Crippen LogP contribution in [-0.4, -0.2) is 12.9 Å². The molecule has 1 atom stereocenters. The topological polar surface area (TPSA) is 24.4 Å². The first-order chi connectivity index (χ1) is 5.81. The molecule has 0 saturated heterocycles. The molecule has 0 radical (unpaired) electrons. The molecule has 1 aliphatic rings. The molecule has 0 spiro atoms. The summed E-state index contributed by atoms with van der Waals surface area (Å²) in [5.74, 6) is 0. The summed E-state index contributed by atoms with van der Waals surface area (Å²) >= 11 is 0. The maximum absolute atomic E-state index is 4.18. The largest absolute Gasteiger partial charge is 0.365 e. The van der Waals surface area contributed by atoms with Crippen molar-refractivity contribution in [2.75, 3.05) is 6.54 Å². The van der Waals surface area contributed by atoms with Crippen LogP contribution in [0.2, 0.25) is 0 Å². The van der Waals surface area contributed by atoms with Crippen LogP contribution in [0.4, 0.5) is 0 Å². The first-order valence-corrected chi connectivity index (χ1v) is 4.13. The lowest BCUT2D eigenvalue weighted by Gasteiger charge is -2.23. The normalized spacial score (nSPS) is 27.1. The molecule has 2 nitrogen and oxygen atoms in total. The highest BCUT2D eigenvalue weighted by Gasteiger charge is 2.27. The molecule has 0 fully saturated rings. The van der Waals surface area contributed by atoms with Crippen molar-refractivity contribution in [2.24, 2.45) is 4.99 Å². The third-order valence-electron chi connectivity index (χ3n) is 2.29. The molecule has 0 saturated carbocycles. The molecule has 0 bridgehead atoms. The Labute approximate surface area is 72.3 Å². The Hall–Kier alpha value is -1.31. The fourth-order valence-corrected chi connectivity index (χ4v) is 1.44. The number of benzene rings is 1. The van der Waals surface area contributed by atoms with E-state index in [-0.39, 0.29) is 5.54 Å². The molecule has 1 N–H and O–H groups in total. The molecule has 1 heterocycles. The first kappa shape index (κ1) is 7.35. The summed E-state index contributed by atoms with van der Waals surface area (Å²) < 4.78 is 0. The minimum Gasteiger partial charge on any atom is -0.365 e. The van der Waals surface area contributed by atoms with Crippen molar-refractivity contribution in [1.29, 1.82) is 0 Å². The quantitative estimate of drug-likeness (QED) is 0.662. The Balaban J connectivity index is 2.31. The van der Waals surface area contributed by atoms with Gasteiger partial charge in [0.1, 0.15) is 0 Å². The lowest BCUT2D eigenvalue weighted by Crippen LogP contribution is -2.36. The summed E-state index contributed by atoms with van der Waals surface area (Å²) in [5.41, 5.74) is 1.31. The Morgan fingerprint density at radius 3 is 2.67 bits per heavy atom. The Morgan fingerprint density at radius 2 is 2.08 bits per heavy atom. The van der Waals surface area contributed by atoms with Gasteiger partial charge in [-0.15, -0.1) is 0 Å². The van der Waals surface area contributed by atoms with Gasteiger partial charge < -0.3 is 5.32 Å². The lowest BCUT2D eigenvalue weighted by molar-refractivity contribution is 0.483. The van der Waals surface area contributed by atoms with Gasteiger partial charge in [0.2, 0.25) is 0 Å². The number of aliphatic imine (C=N–C) groups is 1. The molecule has 2 rings (SSSR count). The second-order valence-corrected chi connectivity index (χ2v) is 3.31. The highest BCUT2D eigenvalue weighted by atomic mass is 15.1. The maximum atomic E-state index is 4.18. The van der Waals surface area contributed by atoms with Gasteiger partial charge in [-0.1, -0.05) is 30.3 Å². The van der Waals surface area contributed by atoms with Crippen molar-refractivity contribution in [1.82, 2.24) is 5.32 Å². The van der Waals surface area contributed by atoms with Crippen molar-refractivity contribution < 1.29 is 0 Å². The number of hydrogen-bond donors (Lipinski definition) is 1. The van der Waals surface area contributed by atoms with E-state index >= 15 is 0 Å². The molecule has 1 aliphatic heterocycles. The Morgan fingerprint density at radius 1 is 1.33 bits per heavy atom. The van der Waals surface area contributed by atoms with Crippen molar-refractivity contribution in [2.45, 2.75) is 12.5 Å². The van der Waals surface area contributed by atoms with Gasteiger partial charge in [-0.3, -0.25) is 4.99 Å². The van der Waals surface area contributed by atoms with Crippen LogP contribution in [0, 0.1) is 0 Å². The average molecular weight is 160 g/mol. The molecule has 1 unspecified atom stereocenters. The zero-order valence-corrected chi connectivity index (χ0v) is 7.12. The zero-order chi connectivity index (χ0) is 8.44. The Kier molecular flexibility index (Phi) is 1.61. The van der Waals surface area contributed by atoms with Gasteiger partial charge in [-0.2, -0.15) is 0 Å². The summed E-state index contributed by atoms with van der Waals surface area (Å²) in [4.78, 5) is 4.18. The third-order valence-corrected chi connectivity index (χ3v) is 2.29. The lowest BCUT2D eigenvalue weighted by atomic mass is 9.93. The summed E-state index contributed by atoms with van der Waals surface area (Å²) in [5, 5.41) is 3.26. The molecule has 0 aromatic heterocycles. The van der Waals surface area contributed by atoms with E-state index in [1.165, 1.54) is 5.56 Å². The number of nitrogens with zero attached hydrogens (tertiary/aromatic N) is 1. The van der Waals surface area contributed by atoms with Crippen LogP contribution in [0.1, 0.15) is 12.5 Å². The van der Waals surface area contributed by atoms with Crippen molar-refractivity contribution in [3.63, 3.8) is 0 Å². The van der Waals surface area contributed by atoms with E-state index in [1.807, 2.05) is 6.07 Å². The van der Waals surface area contributed by atoms with E-state index in [4.69, 9.17) is 0 Å². The van der Waals surface area contributed by atoms with E-state index in [1.54, 1.807) is 6.34 Å². The average Bonchev–Trinajstić information content (AvgIpc) is 2.55. The second kappa shape index (κ2) is 2.63. The minimum atomic E-state index is 0.0151. The molecular weight excluding hydrogens is 148 g/mol. The van der Waals surface area contributed by atoms with E-state index < -0.39 is 0 Å². The van der Waals surface area contributed by atoms with Gasteiger partial charge in [0, 0.05) is 0 Å². The van der Waals surface area contributed by atoms with Crippen molar-refractivity contribution in [3.8, 4) is 0 Å². The van der Waals surface area contributed by atoms with Gasteiger partial charge in [-0.25, -0.2) is 0 Å². The van der Waals surface area contributed by atoms with Crippen LogP contribution in [-0.2, 0) is 5.54 Å². The van der Waals surface area contributed by atoms with Crippen molar-refractivity contribution in [3.05, 3.63) is 35.9 Å². The molecule has 2 heteroatoms. The van der Waals surface area contributed by atoms with Crippen LogP contribution in [0.25, 0.3) is 0 Å². The van der Waals surface area contributed by atoms with Crippen LogP contribution in [0.5, 0.6) is 0 Å². The van der Waals surface area contributed by atoms with E-state index in [0.717, 1.165) is 6.54 Å². The molecule has 62 valence electrons. The van der Waals surface area contributed by atoms with Gasteiger partial charge >= 0.3 is 0 Å². The summed E-state index contributed by atoms with van der Waals surface area (Å²) in [6.07, 6.45) is 1.78. The molecular formula is C10H12N2. The standard InChI is InChI=1S/C10H12N2/c1-10(7-11-8-12-10)9-5-3-2-4-6-9/h2-6,8H,7H2,1H3,(H,11,12). The molecule has 1 aromatic rings. The molecule has 1 aromatic carbocycles. The van der Waals surface area contributed by atoms with Crippen LogP contribution < -0.4 is 5.32 Å². The SMILES string of the molecule is CC1(c2ccccc2)CN=CN1. The fourth-order valence-electron chi connectivity index (χ4n) is 1.44. The monoisotopic (exact) mass is 160 g/mol.